The lowest BCUT2D eigenvalue weighted by atomic mass is 9.86. The number of halogens is 1. The van der Waals surface area contributed by atoms with Crippen LogP contribution in [0.3, 0.4) is 0 Å². The number of carbonyl (C=O) groups excluding carboxylic acids is 2. The zero-order valence-electron chi connectivity index (χ0n) is 9.16. The predicted molar refractivity (Wildman–Crippen MR) is 60.0 cm³/mol. The highest BCUT2D eigenvalue weighted by Gasteiger charge is 2.66. The molecule has 2 aliphatic carbocycles. The third-order valence-electron chi connectivity index (χ3n) is 3.40. The normalized spacial score (nSPS) is 35.8. The Bertz CT molecular complexity index is 376. The highest BCUT2D eigenvalue weighted by Crippen LogP contribution is 2.63. The first-order valence-corrected chi connectivity index (χ1v) is 6.01. The Morgan fingerprint density at radius 3 is 2.69 bits per heavy atom. The van der Waals surface area contributed by atoms with Crippen LogP contribution in [-0.2, 0) is 19.1 Å². The molecular weight excluding hydrogens is 276 g/mol. The highest BCUT2D eigenvalue weighted by molar-refractivity contribution is 9.09. The van der Waals surface area contributed by atoms with Gasteiger partial charge in [-0.05, 0) is 18.8 Å². The molecule has 5 heteroatoms. The topological polar surface area (TPSA) is 52.6 Å². The molecule has 0 amide bonds. The van der Waals surface area contributed by atoms with Gasteiger partial charge in [0.05, 0.1) is 19.8 Å². The van der Waals surface area contributed by atoms with E-state index in [-0.39, 0.29) is 16.7 Å². The summed E-state index contributed by atoms with van der Waals surface area (Å²) in [7, 11) is 2.67. The van der Waals surface area contributed by atoms with Gasteiger partial charge in [-0.25, -0.2) is 4.79 Å². The Hall–Kier alpha value is -0.840. The lowest BCUT2D eigenvalue weighted by Gasteiger charge is -2.22. The van der Waals surface area contributed by atoms with Gasteiger partial charge >= 0.3 is 11.9 Å². The van der Waals surface area contributed by atoms with Crippen LogP contribution < -0.4 is 0 Å². The average molecular weight is 289 g/mol. The third kappa shape index (κ3) is 1.49. The van der Waals surface area contributed by atoms with Gasteiger partial charge in [0.2, 0.25) is 0 Å². The summed E-state index contributed by atoms with van der Waals surface area (Å²) >= 11 is 3.45. The van der Waals surface area contributed by atoms with E-state index < -0.39 is 11.4 Å². The molecule has 1 saturated carbocycles. The van der Waals surface area contributed by atoms with Crippen molar-refractivity contribution in [2.75, 3.05) is 14.2 Å². The summed E-state index contributed by atoms with van der Waals surface area (Å²) in [6.07, 6.45) is 3.31. The number of ether oxygens (including phenoxy) is 2. The maximum absolute atomic E-state index is 11.8. The number of hydrogen-bond donors (Lipinski definition) is 0. The van der Waals surface area contributed by atoms with Crippen LogP contribution in [0.2, 0.25) is 0 Å². The maximum atomic E-state index is 11.8. The van der Waals surface area contributed by atoms with Gasteiger partial charge in [-0.3, -0.25) is 4.79 Å². The fourth-order valence-electron chi connectivity index (χ4n) is 2.52. The van der Waals surface area contributed by atoms with Crippen molar-refractivity contribution < 1.29 is 19.1 Å². The van der Waals surface area contributed by atoms with E-state index in [2.05, 4.69) is 15.9 Å². The number of alkyl halides is 1. The number of methoxy groups -OCH3 is 2. The van der Waals surface area contributed by atoms with Gasteiger partial charge in [-0.2, -0.15) is 0 Å². The van der Waals surface area contributed by atoms with Crippen LogP contribution in [0.15, 0.2) is 11.6 Å². The minimum Gasteiger partial charge on any atom is -0.468 e. The van der Waals surface area contributed by atoms with Crippen molar-refractivity contribution in [3.05, 3.63) is 11.6 Å². The molecule has 0 N–H and O–H groups in total. The van der Waals surface area contributed by atoms with Crippen molar-refractivity contribution >= 4 is 27.9 Å². The van der Waals surface area contributed by atoms with Gasteiger partial charge in [-0.15, -0.1) is 0 Å². The monoisotopic (exact) mass is 288 g/mol. The second-order valence-electron chi connectivity index (χ2n) is 4.19. The van der Waals surface area contributed by atoms with Crippen molar-refractivity contribution in [2.45, 2.75) is 17.7 Å². The van der Waals surface area contributed by atoms with Crippen LogP contribution in [0.1, 0.15) is 12.8 Å². The highest BCUT2D eigenvalue weighted by atomic mass is 79.9. The van der Waals surface area contributed by atoms with E-state index >= 15 is 0 Å². The summed E-state index contributed by atoms with van der Waals surface area (Å²) < 4.78 is 9.51. The lowest BCUT2D eigenvalue weighted by Crippen LogP contribution is -2.31. The third-order valence-corrected chi connectivity index (χ3v) is 4.04. The summed E-state index contributed by atoms with van der Waals surface area (Å²) in [4.78, 5) is 23.6. The Balaban J connectivity index is 2.37. The second kappa shape index (κ2) is 3.87. The van der Waals surface area contributed by atoms with E-state index in [1.54, 1.807) is 6.08 Å². The van der Waals surface area contributed by atoms with Crippen LogP contribution in [0.5, 0.6) is 0 Å². The smallest absolute Gasteiger partial charge is 0.334 e. The van der Waals surface area contributed by atoms with Crippen LogP contribution >= 0.6 is 15.9 Å². The van der Waals surface area contributed by atoms with E-state index in [0.717, 1.165) is 6.42 Å². The van der Waals surface area contributed by atoms with E-state index in [9.17, 15) is 9.59 Å². The molecule has 4 nitrogen and oxygen atoms in total. The molecule has 0 aliphatic heterocycles. The molecule has 0 aromatic rings. The van der Waals surface area contributed by atoms with Crippen molar-refractivity contribution in [1.82, 2.24) is 0 Å². The predicted octanol–water partition coefficient (Wildman–Crippen LogP) is 1.43. The molecule has 3 unspecified atom stereocenters. The minimum atomic E-state index is -0.730. The Labute approximate surface area is 102 Å². The van der Waals surface area contributed by atoms with Crippen LogP contribution in [0.25, 0.3) is 0 Å². The first kappa shape index (κ1) is 11.6. The van der Waals surface area contributed by atoms with Gasteiger partial charge in [0.25, 0.3) is 0 Å². The maximum Gasteiger partial charge on any atom is 0.334 e. The summed E-state index contributed by atoms with van der Waals surface area (Å²) in [6, 6.07) is 0. The number of allylic oxidation sites excluding steroid dienone is 1. The number of rotatable bonds is 2. The summed E-state index contributed by atoms with van der Waals surface area (Å²) in [5, 5.41) is 0. The van der Waals surface area contributed by atoms with E-state index in [4.69, 9.17) is 9.47 Å². The number of fused-ring (bicyclic) bond motifs is 1. The summed E-state index contributed by atoms with van der Waals surface area (Å²) in [5.41, 5.74) is -0.286. The van der Waals surface area contributed by atoms with Gasteiger partial charge in [0.1, 0.15) is 5.41 Å². The van der Waals surface area contributed by atoms with Crippen LogP contribution in [0, 0.1) is 11.3 Å². The average Bonchev–Trinajstić information content (AvgIpc) is 3.00. The summed E-state index contributed by atoms with van der Waals surface area (Å²) in [5.74, 6) is -0.561. The molecule has 0 spiro atoms. The van der Waals surface area contributed by atoms with Gasteiger partial charge in [0.15, 0.2) is 0 Å². The molecule has 3 atom stereocenters. The molecule has 2 aliphatic rings. The van der Waals surface area contributed by atoms with Crippen molar-refractivity contribution in [1.29, 1.82) is 0 Å². The second-order valence-corrected chi connectivity index (χ2v) is 5.36. The molecular formula is C11H13BrO4. The van der Waals surface area contributed by atoms with E-state index in [1.165, 1.54) is 14.2 Å². The molecule has 16 heavy (non-hydrogen) atoms. The fourth-order valence-corrected chi connectivity index (χ4v) is 3.23. The molecule has 0 saturated heterocycles. The SMILES string of the molecule is COC(=O)C1=CC(Br)CC2CC12C(=O)OC. The van der Waals surface area contributed by atoms with Gasteiger partial charge in [-0.1, -0.05) is 22.0 Å². The van der Waals surface area contributed by atoms with Crippen molar-refractivity contribution in [2.24, 2.45) is 11.3 Å². The van der Waals surface area contributed by atoms with Gasteiger partial charge in [0, 0.05) is 4.83 Å². The fraction of sp³-hybridized carbons (Fsp3) is 0.636. The Morgan fingerprint density at radius 1 is 1.44 bits per heavy atom. The molecule has 2 rings (SSSR count). The Kier molecular flexibility index (Phi) is 2.82. The molecule has 1 fully saturated rings. The molecule has 0 aromatic heterocycles. The number of hydrogen-bond acceptors (Lipinski definition) is 4. The molecule has 0 bridgehead atoms. The zero-order chi connectivity index (χ0) is 11.9. The first-order valence-electron chi connectivity index (χ1n) is 5.09. The van der Waals surface area contributed by atoms with Crippen molar-refractivity contribution in [3.8, 4) is 0 Å². The molecule has 88 valence electrons. The van der Waals surface area contributed by atoms with Gasteiger partial charge < -0.3 is 9.47 Å². The quantitative estimate of drug-likeness (QED) is 0.570. The molecule has 0 aromatic carbocycles. The molecule has 0 radical (unpaired) electrons. The minimum absolute atomic E-state index is 0.131. The van der Waals surface area contributed by atoms with Crippen LogP contribution in [0.4, 0.5) is 0 Å². The standard InChI is InChI=1S/C11H13BrO4/c1-15-9(13)8-4-7(12)3-6-5-11(6,8)10(14)16-2/h4,6-7H,3,5H2,1-2H3. The number of esters is 2. The van der Waals surface area contributed by atoms with E-state index in [1.807, 2.05) is 0 Å². The zero-order valence-corrected chi connectivity index (χ0v) is 10.7. The van der Waals surface area contributed by atoms with Crippen LogP contribution in [-0.4, -0.2) is 31.0 Å². The lowest BCUT2D eigenvalue weighted by molar-refractivity contribution is -0.149. The van der Waals surface area contributed by atoms with Crippen molar-refractivity contribution in [3.63, 3.8) is 0 Å². The van der Waals surface area contributed by atoms with E-state index in [0.29, 0.717) is 12.0 Å². The molecule has 0 heterocycles. The largest absolute Gasteiger partial charge is 0.468 e. The first-order chi connectivity index (χ1) is 7.56. The summed E-state index contributed by atoms with van der Waals surface area (Å²) in [6.45, 7) is 0. The number of carbonyl (C=O) groups is 2. The Morgan fingerprint density at radius 2 is 2.12 bits per heavy atom.